The lowest BCUT2D eigenvalue weighted by atomic mass is 10.1. The molecule has 2 heterocycles. The van der Waals surface area contributed by atoms with Crippen LogP contribution in [-0.2, 0) is 14.8 Å². The topological polar surface area (TPSA) is 103 Å². The van der Waals surface area contributed by atoms with Gasteiger partial charge in [0.2, 0.25) is 10.0 Å². The summed E-state index contributed by atoms with van der Waals surface area (Å²) >= 11 is 0. The minimum Gasteiger partial charge on any atom is -0.464 e. The highest BCUT2D eigenvalue weighted by molar-refractivity contribution is 7.89. The monoisotopic (exact) mass is 349 g/mol. The molecule has 1 fully saturated rings. The molecule has 0 saturated carbocycles. The predicted octanol–water partition coefficient (Wildman–Crippen LogP) is 1.13. The summed E-state index contributed by atoms with van der Waals surface area (Å²) in [5.41, 5.74) is 5.96. The smallest absolute Gasteiger partial charge is 0.357 e. The Kier molecular flexibility index (Phi) is 4.53. The molecule has 1 aliphatic heterocycles. The number of esters is 1. The van der Waals surface area contributed by atoms with E-state index in [9.17, 15) is 13.2 Å². The molecule has 0 atom stereocenters. The number of aromatic nitrogens is 1. The van der Waals surface area contributed by atoms with Gasteiger partial charge in [0.05, 0.1) is 12.0 Å². The maximum Gasteiger partial charge on any atom is 0.357 e. The number of nitrogens with two attached hydrogens (primary N) is 1. The largest absolute Gasteiger partial charge is 0.464 e. The van der Waals surface area contributed by atoms with Crippen LogP contribution in [0.4, 0.5) is 0 Å². The number of sulfonamides is 1. The number of fused-ring (bicyclic) bond motifs is 1. The molecule has 0 aliphatic carbocycles. The number of nitrogens with zero attached hydrogens (tertiary/aromatic N) is 2. The van der Waals surface area contributed by atoms with E-state index < -0.39 is 16.0 Å². The number of ether oxygens (including phenoxy) is 1. The molecule has 24 heavy (non-hydrogen) atoms. The van der Waals surface area contributed by atoms with Gasteiger partial charge in [0, 0.05) is 36.1 Å². The maximum absolute atomic E-state index is 13.0. The van der Waals surface area contributed by atoms with Gasteiger partial charge >= 0.3 is 5.97 Å². The van der Waals surface area contributed by atoms with Crippen molar-refractivity contribution in [1.82, 2.24) is 9.29 Å². The van der Waals surface area contributed by atoms with E-state index in [2.05, 4.69) is 4.98 Å². The first-order valence-electron chi connectivity index (χ1n) is 7.67. The minimum absolute atomic E-state index is 0.0408. The number of carbonyl (C=O) groups excluding carboxylic acids is 1. The number of piperidine rings is 1. The van der Waals surface area contributed by atoms with E-state index in [1.165, 1.54) is 17.6 Å². The van der Waals surface area contributed by atoms with Gasteiger partial charge < -0.3 is 10.5 Å². The molecule has 0 radical (unpaired) electrons. The van der Waals surface area contributed by atoms with E-state index in [4.69, 9.17) is 10.5 Å². The molecule has 7 nitrogen and oxygen atoms in total. The third-order valence-corrected chi connectivity index (χ3v) is 6.22. The third-order valence-electron chi connectivity index (χ3n) is 4.26. The Morgan fingerprint density at radius 3 is 2.62 bits per heavy atom. The van der Waals surface area contributed by atoms with Gasteiger partial charge in [0.25, 0.3) is 0 Å². The van der Waals surface area contributed by atoms with Crippen molar-refractivity contribution < 1.29 is 17.9 Å². The highest BCUT2D eigenvalue weighted by Crippen LogP contribution is 2.28. The lowest BCUT2D eigenvalue weighted by Gasteiger charge is -2.29. The van der Waals surface area contributed by atoms with Crippen molar-refractivity contribution in [3.63, 3.8) is 0 Å². The van der Waals surface area contributed by atoms with Gasteiger partial charge in [-0.3, -0.25) is 0 Å². The predicted molar refractivity (Wildman–Crippen MR) is 89.1 cm³/mol. The summed E-state index contributed by atoms with van der Waals surface area (Å²) in [7, 11) is -2.40. The lowest BCUT2D eigenvalue weighted by Crippen LogP contribution is -2.42. The fourth-order valence-corrected chi connectivity index (χ4v) is 4.59. The summed E-state index contributed by atoms with van der Waals surface area (Å²) in [6, 6.07) is 6.47. The Bertz CT molecular complexity index is 874. The van der Waals surface area contributed by atoms with Crippen LogP contribution in [-0.4, -0.2) is 49.9 Å². The highest BCUT2D eigenvalue weighted by Gasteiger charge is 2.30. The molecule has 1 aromatic heterocycles. The van der Waals surface area contributed by atoms with Crippen LogP contribution in [0.5, 0.6) is 0 Å². The van der Waals surface area contributed by atoms with Crippen molar-refractivity contribution in [2.45, 2.75) is 23.8 Å². The Morgan fingerprint density at radius 1 is 1.25 bits per heavy atom. The number of rotatable bonds is 3. The third kappa shape index (κ3) is 2.88. The van der Waals surface area contributed by atoms with Crippen molar-refractivity contribution in [3.8, 4) is 0 Å². The van der Waals surface area contributed by atoms with Crippen molar-refractivity contribution in [2.24, 2.45) is 5.73 Å². The van der Waals surface area contributed by atoms with Gasteiger partial charge in [-0.15, -0.1) is 0 Å². The summed E-state index contributed by atoms with van der Waals surface area (Å²) in [6.45, 7) is 0.795. The van der Waals surface area contributed by atoms with Crippen LogP contribution in [0.2, 0.25) is 0 Å². The molecule has 0 unspecified atom stereocenters. The fourth-order valence-electron chi connectivity index (χ4n) is 2.92. The normalized spacial score (nSPS) is 17.1. The molecule has 1 saturated heterocycles. The molecule has 3 rings (SSSR count). The molecule has 1 aromatic carbocycles. The average Bonchev–Trinajstić information content (AvgIpc) is 2.60. The zero-order chi connectivity index (χ0) is 17.3. The van der Waals surface area contributed by atoms with E-state index in [0.717, 1.165) is 0 Å². The first kappa shape index (κ1) is 16.8. The van der Waals surface area contributed by atoms with Crippen LogP contribution < -0.4 is 5.73 Å². The van der Waals surface area contributed by atoms with E-state index in [1.54, 1.807) is 24.3 Å². The Balaban J connectivity index is 2.11. The standard InChI is InChI=1S/C16H19N3O4S/c1-23-16(20)15-13-3-2-4-14(12(13)5-8-18-15)24(21,22)19-9-6-11(17)7-10-19/h2-5,8,11H,6-7,9-10,17H2,1H3. The van der Waals surface area contributed by atoms with Gasteiger partial charge in [-0.1, -0.05) is 12.1 Å². The van der Waals surface area contributed by atoms with E-state index in [1.807, 2.05) is 0 Å². The lowest BCUT2D eigenvalue weighted by molar-refractivity contribution is 0.0596. The van der Waals surface area contributed by atoms with Gasteiger partial charge in [0.1, 0.15) is 0 Å². The second-order valence-corrected chi connectivity index (χ2v) is 7.65. The van der Waals surface area contributed by atoms with E-state index in [0.29, 0.717) is 36.7 Å². The first-order valence-corrected chi connectivity index (χ1v) is 9.11. The van der Waals surface area contributed by atoms with Crippen LogP contribution in [0, 0.1) is 0 Å². The second kappa shape index (κ2) is 6.46. The molecule has 2 aromatic rings. The van der Waals surface area contributed by atoms with E-state index >= 15 is 0 Å². The Labute approximate surface area is 140 Å². The number of pyridine rings is 1. The molecular weight excluding hydrogens is 330 g/mol. The fraction of sp³-hybridized carbons (Fsp3) is 0.375. The van der Waals surface area contributed by atoms with E-state index in [-0.39, 0.29) is 16.6 Å². The van der Waals surface area contributed by atoms with Crippen molar-refractivity contribution >= 4 is 26.8 Å². The number of benzene rings is 1. The summed E-state index contributed by atoms with van der Waals surface area (Å²) in [4.78, 5) is 16.1. The van der Waals surface area contributed by atoms with Gasteiger partial charge in [-0.05, 0) is 25.0 Å². The minimum atomic E-state index is -3.66. The summed E-state index contributed by atoms with van der Waals surface area (Å²) in [6.07, 6.45) is 2.69. The summed E-state index contributed by atoms with van der Waals surface area (Å²) in [5, 5.41) is 0.918. The van der Waals surface area contributed by atoms with Crippen LogP contribution >= 0.6 is 0 Å². The van der Waals surface area contributed by atoms with Crippen LogP contribution in [0.25, 0.3) is 10.8 Å². The molecule has 0 spiro atoms. The number of carbonyl (C=O) groups is 1. The number of hydrogen-bond acceptors (Lipinski definition) is 6. The molecule has 8 heteroatoms. The van der Waals surface area contributed by atoms with Crippen LogP contribution in [0.15, 0.2) is 35.4 Å². The zero-order valence-corrected chi connectivity index (χ0v) is 14.1. The highest BCUT2D eigenvalue weighted by atomic mass is 32.2. The molecule has 1 aliphatic rings. The number of hydrogen-bond donors (Lipinski definition) is 1. The SMILES string of the molecule is COC(=O)c1nccc2c(S(=O)(=O)N3CCC(N)CC3)cccc12. The maximum atomic E-state index is 13.0. The van der Waals surface area contributed by atoms with Gasteiger partial charge in [-0.2, -0.15) is 4.31 Å². The molecule has 128 valence electrons. The molecule has 0 bridgehead atoms. The van der Waals surface area contributed by atoms with Crippen LogP contribution in [0.1, 0.15) is 23.3 Å². The average molecular weight is 349 g/mol. The van der Waals surface area contributed by atoms with Crippen molar-refractivity contribution in [3.05, 3.63) is 36.2 Å². The second-order valence-electron chi connectivity index (χ2n) is 5.74. The van der Waals surface area contributed by atoms with Gasteiger partial charge in [-0.25, -0.2) is 18.2 Å². The number of methoxy groups -OCH3 is 1. The summed E-state index contributed by atoms with van der Waals surface area (Å²) in [5.74, 6) is -0.598. The van der Waals surface area contributed by atoms with Crippen LogP contribution in [0.3, 0.4) is 0 Å². The molecule has 0 amide bonds. The summed E-state index contributed by atoms with van der Waals surface area (Å²) < 4.78 is 32.2. The van der Waals surface area contributed by atoms with Crippen molar-refractivity contribution in [1.29, 1.82) is 0 Å². The Hall–Kier alpha value is -2.03. The quantitative estimate of drug-likeness (QED) is 0.834. The van der Waals surface area contributed by atoms with Crippen molar-refractivity contribution in [2.75, 3.05) is 20.2 Å². The van der Waals surface area contributed by atoms with Gasteiger partial charge in [0.15, 0.2) is 5.69 Å². The first-order chi connectivity index (χ1) is 11.4. The zero-order valence-electron chi connectivity index (χ0n) is 13.3. The molecular formula is C16H19N3O4S. The Morgan fingerprint density at radius 2 is 1.96 bits per heavy atom. The molecule has 2 N–H and O–H groups in total.